The van der Waals surface area contributed by atoms with Crippen LogP contribution in [0.2, 0.25) is 0 Å². The van der Waals surface area contributed by atoms with Crippen LogP contribution in [0.15, 0.2) is 65.3 Å². The lowest BCUT2D eigenvalue weighted by atomic mass is 9.58. The van der Waals surface area contributed by atoms with Gasteiger partial charge in [0.05, 0.1) is 17.6 Å². The highest BCUT2D eigenvalue weighted by atomic mass is 16.6. The minimum atomic E-state index is -2.37. The fourth-order valence-electron chi connectivity index (χ4n) is 8.36. The molecule has 10 heteroatoms. The summed E-state index contributed by atoms with van der Waals surface area (Å²) in [5.74, 6) is -4.88. The maximum atomic E-state index is 14.9. The van der Waals surface area contributed by atoms with E-state index in [-0.39, 0.29) is 24.2 Å². The van der Waals surface area contributed by atoms with E-state index >= 15 is 0 Å². The minimum Gasteiger partial charge on any atom is -0.461 e. The first kappa shape index (κ1) is 31.8. The monoisotopic (exact) mass is 608 g/mol. The first-order chi connectivity index (χ1) is 20.7. The van der Waals surface area contributed by atoms with E-state index in [4.69, 9.17) is 14.2 Å². The van der Waals surface area contributed by atoms with Crippen molar-refractivity contribution < 1.29 is 48.7 Å². The summed E-state index contributed by atoms with van der Waals surface area (Å²) in [6.45, 7) is 8.75. The van der Waals surface area contributed by atoms with E-state index in [0.29, 0.717) is 11.1 Å². The van der Waals surface area contributed by atoms with Gasteiger partial charge in [0, 0.05) is 29.7 Å². The van der Waals surface area contributed by atoms with Gasteiger partial charge in [-0.05, 0) is 56.4 Å². The van der Waals surface area contributed by atoms with E-state index in [1.165, 1.54) is 13.0 Å². The lowest BCUT2D eigenvalue weighted by molar-refractivity contribution is -0.203. The Labute approximate surface area is 256 Å². The van der Waals surface area contributed by atoms with Crippen molar-refractivity contribution >= 4 is 23.7 Å². The van der Waals surface area contributed by atoms with Crippen molar-refractivity contribution in [3.63, 3.8) is 0 Å². The van der Waals surface area contributed by atoms with Crippen LogP contribution < -0.4 is 0 Å². The van der Waals surface area contributed by atoms with Crippen LogP contribution in [0.1, 0.15) is 58.3 Å². The Balaban J connectivity index is 1.62. The summed E-state index contributed by atoms with van der Waals surface area (Å²) in [6.07, 6.45) is 1.47. The van der Waals surface area contributed by atoms with E-state index in [0.717, 1.165) is 0 Å². The Hall–Kier alpha value is -3.60. The lowest BCUT2D eigenvalue weighted by Gasteiger charge is -2.49. The highest BCUT2D eigenvalue weighted by Crippen LogP contribution is 2.75. The van der Waals surface area contributed by atoms with Crippen LogP contribution in [-0.2, 0) is 28.6 Å². The van der Waals surface area contributed by atoms with Crippen LogP contribution >= 0.6 is 0 Å². The van der Waals surface area contributed by atoms with Crippen LogP contribution in [0, 0.1) is 28.6 Å². The highest BCUT2D eigenvalue weighted by molar-refractivity contribution is 5.96. The number of allylic oxidation sites excluding steroid dienone is 2. The summed E-state index contributed by atoms with van der Waals surface area (Å²) in [4.78, 5) is 53.4. The van der Waals surface area contributed by atoms with Crippen LogP contribution in [0.25, 0.3) is 0 Å². The molecule has 0 radical (unpaired) electrons. The second-order valence-corrected chi connectivity index (χ2v) is 13.0. The first-order valence-corrected chi connectivity index (χ1v) is 14.9. The molecule has 4 aliphatic carbocycles. The van der Waals surface area contributed by atoms with Gasteiger partial charge < -0.3 is 29.5 Å². The summed E-state index contributed by atoms with van der Waals surface area (Å²) in [5.41, 5.74) is -5.48. The van der Waals surface area contributed by atoms with Crippen molar-refractivity contribution in [2.75, 3.05) is 13.2 Å². The summed E-state index contributed by atoms with van der Waals surface area (Å²) < 4.78 is 17.6. The molecule has 0 amide bonds. The number of hydrogen-bond donors (Lipinski definition) is 3. The van der Waals surface area contributed by atoms with Gasteiger partial charge in [-0.1, -0.05) is 50.3 Å². The van der Waals surface area contributed by atoms with Crippen LogP contribution in [-0.4, -0.2) is 75.6 Å². The number of ketones is 1. The average Bonchev–Trinajstić information content (AvgIpc) is 3.43. The van der Waals surface area contributed by atoms with Gasteiger partial charge >= 0.3 is 17.9 Å². The smallest absolute Gasteiger partial charge is 0.338 e. The van der Waals surface area contributed by atoms with Crippen molar-refractivity contribution in [2.24, 2.45) is 28.6 Å². The second-order valence-electron chi connectivity index (χ2n) is 13.0. The summed E-state index contributed by atoms with van der Waals surface area (Å²) in [7, 11) is 0. The fraction of sp³-hybridized carbons (Fsp3) is 0.529. The normalized spacial score (nSPS) is 39.1. The van der Waals surface area contributed by atoms with Crippen LogP contribution in [0.4, 0.5) is 0 Å². The third-order valence-corrected chi connectivity index (χ3v) is 10.6. The molecule has 1 unspecified atom stereocenters. The summed E-state index contributed by atoms with van der Waals surface area (Å²) in [5, 5.41) is 34.8. The predicted octanol–water partition coefficient (Wildman–Crippen LogP) is 2.86. The molecule has 1 aromatic rings. The Bertz CT molecular complexity index is 1490. The zero-order chi connectivity index (χ0) is 32.4. The molecule has 2 bridgehead atoms. The number of hydrogen-bond acceptors (Lipinski definition) is 10. The molecule has 2 fully saturated rings. The quantitative estimate of drug-likeness (QED) is 0.182. The number of ether oxygens (including phenoxy) is 3. The Morgan fingerprint density at radius 2 is 1.80 bits per heavy atom. The molecule has 5 rings (SSSR count). The molecule has 2 saturated carbocycles. The molecule has 0 heterocycles. The van der Waals surface area contributed by atoms with Gasteiger partial charge in [-0.25, -0.2) is 9.59 Å². The summed E-state index contributed by atoms with van der Waals surface area (Å²) in [6, 6.07) is 8.42. The van der Waals surface area contributed by atoms with E-state index in [9.17, 15) is 34.5 Å². The first-order valence-electron chi connectivity index (χ1n) is 14.9. The molecular weight excluding hydrogens is 568 g/mol. The van der Waals surface area contributed by atoms with Crippen LogP contribution in [0.3, 0.4) is 0 Å². The number of aliphatic hydroxyl groups excluding tert-OH is 2. The molecule has 3 N–H and O–H groups in total. The third kappa shape index (κ3) is 4.18. The number of Topliss-reactive ketones (excluding diaryl/α,β-unsaturated/α-hetero) is 1. The van der Waals surface area contributed by atoms with Gasteiger partial charge in [0.25, 0.3) is 0 Å². The standard InChI is InChI=1S/C34H40O10/c1-7-18(2)29(39)43-28-19(3)14-32-20(4)15-33(44-21(5)36)25(24(27(32)38)13-23(16-35)26(37)34(28,32)41)31(33,6)17-42-30(40)22-11-9-8-10-12-22/h7-14,20,24-26,28,35,37,41H,15-17H2,1-6H3/b18-7-/t20-,24+,25-,26-,28+,31?,32+,33+,34+/m1/s1. The number of carbonyl (C=O) groups excluding carboxylic acids is 4. The lowest BCUT2D eigenvalue weighted by Crippen LogP contribution is -2.66. The van der Waals surface area contributed by atoms with E-state index in [1.54, 1.807) is 77.1 Å². The van der Waals surface area contributed by atoms with Gasteiger partial charge in [0.2, 0.25) is 0 Å². The van der Waals surface area contributed by atoms with Gasteiger partial charge in [-0.3, -0.25) is 9.59 Å². The third-order valence-electron chi connectivity index (χ3n) is 10.6. The average molecular weight is 609 g/mol. The molecular formula is C34H40O10. The van der Waals surface area contributed by atoms with E-state index in [2.05, 4.69) is 0 Å². The highest BCUT2D eigenvalue weighted by Gasteiger charge is 2.85. The van der Waals surface area contributed by atoms with E-state index < -0.39 is 82.3 Å². The second kappa shape index (κ2) is 10.8. The van der Waals surface area contributed by atoms with Crippen molar-refractivity contribution in [3.05, 3.63) is 70.8 Å². The molecule has 44 heavy (non-hydrogen) atoms. The molecule has 9 atom stereocenters. The van der Waals surface area contributed by atoms with Gasteiger partial charge in [-0.15, -0.1) is 0 Å². The van der Waals surface area contributed by atoms with Crippen molar-refractivity contribution in [2.45, 2.75) is 71.4 Å². The van der Waals surface area contributed by atoms with Crippen LogP contribution in [0.5, 0.6) is 0 Å². The van der Waals surface area contributed by atoms with Gasteiger partial charge in [0.1, 0.15) is 18.3 Å². The Morgan fingerprint density at radius 3 is 2.39 bits per heavy atom. The number of carbonyl (C=O) groups is 4. The van der Waals surface area contributed by atoms with Gasteiger partial charge in [0.15, 0.2) is 17.5 Å². The molecule has 10 nitrogen and oxygen atoms in total. The Kier molecular flexibility index (Phi) is 7.80. The maximum Gasteiger partial charge on any atom is 0.338 e. The number of rotatable bonds is 7. The van der Waals surface area contributed by atoms with Crippen molar-refractivity contribution in [1.82, 2.24) is 0 Å². The number of benzene rings is 1. The molecule has 0 aliphatic heterocycles. The molecule has 4 aliphatic rings. The predicted molar refractivity (Wildman–Crippen MR) is 157 cm³/mol. The zero-order valence-electron chi connectivity index (χ0n) is 25.8. The summed E-state index contributed by atoms with van der Waals surface area (Å²) >= 11 is 0. The Morgan fingerprint density at radius 1 is 1.14 bits per heavy atom. The number of aliphatic hydroxyl groups is 3. The largest absolute Gasteiger partial charge is 0.461 e. The van der Waals surface area contributed by atoms with Crippen molar-refractivity contribution in [1.29, 1.82) is 0 Å². The zero-order valence-corrected chi connectivity index (χ0v) is 25.8. The SMILES string of the molecule is C/C=C(/C)C(=O)O[C@H]1C(C)=C[C@]23C(=O)[C@@H](C=C(CO)[C@@H](O)[C@]12O)[C@@H]1C(C)(COC(=O)c2ccccc2)[C@]1(OC(C)=O)C[C@H]3C. The minimum absolute atomic E-state index is 0.0269. The number of fused-ring (bicyclic) bond motifs is 3. The molecule has 1 spiro atoms. The number of esters is 3. The van der Waals surface area contributed by atoms with Crippen molar-refractivity contribution in [3.8, 4) is 0 Å². The maximum absolute atomic E-state index is 14.9. The molecule has 0 aromatic heterocycles. The van der Waals surface area contributed by atoms with Gasteiger partial charge in [-0.2, -0.15) is 0 Å². The topological polar surface area (TPSA) is 157 Å². The fourth-order valence-corrected chi connectivity index (χ4v) is 8.36. The molecule has 1 aromatic carbocycles. The molecule has 0 saturated heterocycles. The molecule has 236 valence electrons. The van der Waals surface area contributed by atoms with E-state index in [1.807, 2.05) is 0 Å².